The first-order valence-corrected chi connectivity index (χ1v) is 8.20. The maximum absolute atomic E-state index is 12.5. The molecule has 22 heavy (non-hydrogen) atoms. The van der Waals surface area contributed by atoms with Crippen molar-refractivity contribution in [1.82, 2.24) is 9.80 Å². The van der Waals surface area contributed by atoms with Crippen LogP contribution in [0.15, 0.2) is 24.3 Å². The number of benzene rings is 1. The van der Waals surface area contributed by atoms with E-state index in [1.165, 1.54) is 25.9 Å². The van der Waals surface area contributed by atoms with Crippen molar-refractivity contribution in [2.45, 2.75) is 31.7 Å². The smallest absolute Gasteiger partial charge is 0.322 e. The molecule has 0 aromatic heterocycles. The number of nitrogens with one attached hydrogen (secondary N) is 1. The highest BCUT2D eigenvalue weighted by molar-refractivity contribution is 5.89. The fourth-order valence-electron chi connectivity index (χ4n) is 3.43. The molecule has 2 saturated heterocycles. The van der Waals surface area contributed by atoms with E-state index in [9.17, 15) is 4.79 Å². The minimum absolute atomic E-state index is 0.0202. The lowest BCUT2D eigenvalue weighted by Gasteiger charge is -2.28. The quantitative estimate of drug-likeness (QED) is 0.930. The van der Waals surface area contributed by atoms with E-state index < -0.39 is 0 Å². The summed E-state index contributed by atoms with van der Waals surface area (Å²) in [5.41, 5.74) is 0.817. The number of amides is 2. The SMILES string of the molecule is COc1ccc(NC(=O)N2CCC[C@H]2CN2CCCC2)cc1. The van der Waals surface area contributed by atoms with Gasteiger partial charge in [0.2, 0.25) is 0 Å². The first-order chi connectivity index (χ1) is 10.8. The average Bonchev–Trinajstić information content (AvgIpc) is 3.20. The van der Waals surface area contributed by atoms with Crippen LogP contribution in [-0.4, -0.2) is 55.2 Å². The first-order valence-electron chi connectivity index (χ1n) is 8.20. The second-order valence-electron chi connectivity index (χ2n) is 6.16. The molecule has 3 rings (SSSR count). The van der Waals surface area contributed by atoms with Crippen LogP contribution in [0, 0.1) is 0 Å². The van der Waals surface area contributed by atoms with E-state index in [0.717, 1.165) is 37.4 Å². The van der Waals surface area contributed by atoms with Crippen LogP contribution in [0.4, 0.5) is 10.5 Å². The fourth-order valence-corrected chi connectivity index (χ4v) is 3.43. The molecule has 0 radical (unpaired) electrons. The zero-order valence-electron chi connectivity index (χ0n) is 13.3. The summed E-state index contributed by atoms with van der Waals surface area (Å²) < 4.78 is 5.14. The maximum Gasteiger partial charge on any atom is 0.322 e. The lowest BCUT2D eigenvalue weighted by molar-refractivity contribution is 0.186. The molecule has 0 bridgehead atoms. The molecule has 120 valence electrons. The second-order valence-corrected chi connectivity index (χ2v) is 6.16. The van der Waals surface area contributed by atoms with Crippen molar-refractivity contribution in [2.24, 2.45) is 0 Å². The van der Waals surface area contributed by atoms with Gasteiger partial charge in [-0.05, 0) is 63.0 Å². The number of carbonyl (C=O) groups excluding carboxylic acids is 1. The summed E-state index contributed by atoms with van der Waals surface area (Å²) in [6.45, 7) is 4.26. The van der Waals surface area contributed by atoms with Crippen molar-refractivity contribution < 1.29 is 9.53 Å². The average molecular weight is 303 g/mol. The summed E-state index contributed by atoms with van der Waals surface area (Å²) in [6, 6.07) is 7.86. The molecule has 1 atom stereocenters. The van der Waals surface area contributed by atoms with Gasteiger partial charge in [-0.25, -0.2) is 4.79 Å². The van der Waals surface area contributed by atoms with Crippen LogP contribution in [-0.2, 0) is 0 Å². The Morgan fingerprint density at radius 1 is 1.18 bits per heavy atom. The van der Waals surface area contributed by atoms with Crippen molar-refractivity contribution in [3.8, 4) is 5.75 Å². The molecule has 1 N–H and O–H groups in total. The third kappa shape index (κ3) is 3.53. The summed E-state index contributed by atoms with van der Waals surface area (Å²) in [5.74, 6) is 0.797. The van der Waals surface area contributed by atoms with E-state index in [0.29, 0.717) is 6.04 Å². The monoisotopic (exact) mass is 303 g/mol. The zero-order valence-corrected chi connectivity index (χ0v) is 13.3. The molecule has 0 spiro atoms. The summed E-state index contributed by atoms with van der Waals surface area (Å²) in [7, 11) is 1.64. The molecule has 0 saturated carbocycles. The highest BCUT2D eigenvalue weighted by Crippen LogP contribution is 2.22. The van der Waals surface area contributed by atoms with Crippen molar-refractivity contribution in [2.75, 3.05) is 38.6 Å². The first kappa shape index (κ1) is 15.2. The highest BCUT2D eigenvalue weighted by Gasteiger charge is 2.30. The van der Waals surface area contributed by atoms with Crippen LogP contribution in [0.25, 0.3) is 0 Å². The molecule has 0 aliphatic carbocycles. The number of methoxy groups -OCH3 is 1. The molecule has 2 amide bonds. The molecule has 5 nitrogen and oxygen atoms in total. The summed E-state index contributed by atoms with van der Waals surface area (Å²) >= 11 is 0. The van der Waals surface area contributed by atoms with E-state index >= 15 is 0 Å². The standard InChI is InChI=1S/C17H25N3O2/c1-22-16-8-6-14(7-9-16)18-17(21)20-12-4-5-15(20)13-19-10-2-3-11-19/h6-9,15H,2-5,10-13H2,1H3,(H,18,21)/t15-/m0/s1. The van der Waals surface area contributed by atoms with Gasteiger partial charge in [-0.2, -0.15) is 0 Å². The van der Waals surface area contributed by atoms with Crippen molar-refractivity contribution in [3.63, 3.8) is 0 Å². The van der Waals surface area contributed by atoms with E-state index in [2.05, 4.69) is 10.2 Å². The van der Waals surface area contributed by atoms with Crippen LogP contribution < -0.4 is 10.1 Å². The van der Waals surface area contributed by atoms with Gasteiger partial charge in [-0.15, -0.1) is 0 Å². The molecule has 1 aromatic carbocycles. The number of anilines is 1. The summed E-state index contributed by atoms with van der Waals surface area (Å²) in [5, 5.41) is 3.00. The number of hydrogen-bond donors (Lipinski definition) is 1. The van der Waals surface area contributed by atoms with Crippen molar-refractivity contribution in [3.05, 3.63) is 24.3 Å². The maximum atomic E-state index is 12.5. The molecule has 2 aliphatic rings. The lowest BCUT2D eigenvalue weighted by atomic mass is 10.2. The van der Waals surface area contributed by atoms with Gasteiger partial charge in [-0.1, -0.05) is 0 Å². The van der Waals surface area contributed by atoms with Gasteiger partial charge in [-0.3, -0.25) is 0 Å². The Balaban J connectivity index is 1.57. The third-order valence-electron chi connectivity index (χ3n) is 4.65. The number of nitrogens with zero attached hydrogens (tertiary/aromatic N) is 2. The van der Waals surface area contributed by atoms with Crippen LogP contribution in [0.5, 0.6) is 5.75 Å². The van der Waals surface area contributed by atoms with Gasteiger partial charge in [0, 0.05) is 24.8 Å². The lowest BCUT2D eigenvalue weighted by Crippen LogP contribution is -2.44. The normalized spacial score (nSPS) is 22.0. The molecule has 0 unspecified atom stereocenters. The fraction of sp³-hybridized carbons (Fsp3) is 0.588. The molecule has 1 aromatic rings. The molecule has 2 aliphatic heterocycles. The van der Waals surface area contributed by atoms with Crippen LogP contribution in [0.3, 0.4) is 0 Å². The highest BCUT2D eigenvalue weighted by atomic mass is 16.5. The van der Waals surface area contributed by atoms with Crippen LogP contribution >= 0.6 is 0 Å². The number of ether oxygens (including phenoxy) is 1. The topological polar surface area (TPSA) is 44.8 Å². The van der Waals surface area contributed by atoms with Gasteiger partial charge in [0.15, 0.2) is 0 Å². The molecular weight excluding hydrogens is 278 g/mol. The number of hydrogen-bond acceptors (Lipinski definition) is 3. The van der Waals surface area contributed by atoms with Gasteiger partial charge in [0.05, 0.1) is 7.11 Å². The number of likely N-dealkylation sites (tertiary alicyclic amines) is 2. The molecule has 2 fully saturated rings. The zero-order chi connectivity index (χ0) is 15.4. The Morgan fingerprint density at radius 2 is 1.91 bits per heavy atom. The van der Waals surface area contributed by atoms with E-state index in [1.807, 2.05) is 29.2 Å². The van der Waals surface area contributed by atoms with E-state index in [1.54, 1.807) is 7.11 Å². The van der Waals surface area contributed by atoms with Crippen LogP contribution in [0.2, 0.25) is 0 Å². The van der Waals surface area contributed by atoms with E-state index in [-0.39, 0.29) is 6.03 Å². The Labute approximate surface area is 132 Å². The van der Waals surface area contributed by atoms with Crippen molar-refractivity contribution in [1.29, 1.82) is 0 Å². The molecular formula is C17H25N3O2. The number of rotatable bonds is 4. The minimum atomic E-state index is 0.0202. The minimum Gasteiger partial charge on any atom is -0.497 e. The Morgan fingerprint density at radius 3 is 2.59 bits per heavy atom. The predicted octanol–water partition coefficient (Wildman–Crippen LogP) is 2.79. The molecule has 5 heteroatoms. The Hall–Kier alpha value is -1.75. The van der Waals surface area contributed by atoms with Crippen molar-refractivity contribution >= 4 is 11.7 Å². The summed E-state index contributed by atoms with van der Waals surface area (Å²) in [4.78, 5) is 17.0. The number of carbonyl (C=O) groups is 1. The van der Waals surface area contributed by atoms with Gasteiger partial charge in [0.25, 0.3) is 0 Å². The van der Waals surface area contributed by atoms with Gasteiger partial charge in [0.1, 0.15) is 5.75 Å². The Bertz CT molecular complexity index is 497. The van der Waals surface area contributed by atoms with E-state index in [4.69, 9.17) is 4.74 Å². The summed E-state index contributed by atoms with van der Waals surface area (Å²) in [6.07, 6.45) is 4.82. The molecule has 2 heterocycles. The number of urea groups is 1. The Kier molecular flexibility index (Phi) is 4.83. The van der Waals surface area contributed by atoms with Gasteiger partial charge >= 0.3 is 6.03 Å². The second kappa shape index (κ2) is 7.01. The third-order valence-corrected chi connectivity index (χ3v) is 4.65. The van der Waals surface area contributed by atoms with Gasteiger partial charge < -0.3 is 19.9 Å². The van der Waals surface area contributed by atoms with Crippen LogP contribution in [0.1, 0.15) is 25.7 Å². The largest absolute Gasteiger partial charge is 0.497 e. The predicted molar refractivity (Wildman–Crippen MR) is 87.4 cm³/mol.